The third-order valence-electron chi connectivity index (χ3n) is 2.97. The Bertz CT molecular complexity index is 509. The molecule has 17 heavy (non-hydrogen) atoms. The highest BCUT2D eigenvalue weighted by Gasteiger charge is 2.15. The minimum Gasteiger partial charge on any atom is -0.316 e. The zero-order valence-corrected chi connectivity index (χ0v) is 10.4. The van der Waals surface area contributed by atoms with Gasteiger partial charge in [0.25, 0.3) is 0 Å². The van der Waals surface area contributed by atoms with E-state index in [0.717, 1.165) is 29.1 Å². The molecule has 1 aromatic heterocycles. The van der Waals surface area contributed by atoms with Crippen LogP contribution in [0.2, 0.25) is 0 Å². The number of nitrogens with zero attached hydrogens (tertiary/aromatic N) is 2. The van der Waals surface area contributed by atoms with Crippen LogP contribution in [0.5, 0.6) is 0 Å². The number of thioether (sulfide) groups is 1. The largest absolute Gasteiger partial charge is 0.316 e. The molecule has 1 saturated heterocycles. The van der Waals surface area contributed by atoms with Crippen LogP contribution in [-0.4, -0.2) is 28.3 Å². The van der Waals surface area contributed by atoms with E-state index in [9.17, 15) is 0 Å². The average molecular weight is 245 g/mol. The first kappa shape index (κ1) is 11.0. The fraction of sp³-hybridized carbons (Fsp3) is 0.385. The van der Waals surface area contributed by atoms with Crippen LogP contribution >= 0.6 is 11.8 Å². The lowest BCUT2D eigenvalue weighted by molar-refractivity contribution is 0.531. The molecule has 0 spiro atoms. The third-order valence-corrected chi connectivity index (χ3v) is 4.14. The fourth-order valence-corrected chi connectivity index (χ4v) is 3.18. The molecule has 2 heterocycles. The SMILES string of the molecule is c1ccc2nc(S[C@@H]3CCCNC3)cnc2c1. The molecule has 0 radical (unpaired) electrons. The average Bonchev–Trinajstić information content (AvgIpc) is 2.40. The van der Waals surface area contributed by atoms with Crippen LogP contribution < -0.4 is 5.32 Å². The zero-order chi connectivity index (χ0) is 11.5. The van der Waals surface area contributed by atoms with Gasteiger partial charge in [0.05, 0.1) is 17.2 Å². The highest BCUT2D eigenvalue weighted by molar-refractivity contribution is 7.99. The number of nitrogens with one attached hydrogen (secondary N) is 1. The molecule has 1 atom stereocenters. The number of hydrogen-bond donors (Lipinski definition) is 1. The molecule has 3 rings (SSSR count). The number of rotatable bonds is 2. The van der Waals surface area contributed by atoms with Crippen molar-refractivity contribution in [2.45, 2.75) is 23.1 Å². The zero-order valence-electron chi connectivity index (χ0n) is 9.60. The minimum absolute atomic E-state index is 0.638. The molecule has 1 aliphatic rings. The van der Waals surface area contributed by atoms with Gasteiger partial charge in [-0.3, -0.25) is 4.98 Å². The Labute approximate surface area is 105 Å². The number of para-hydroxylation sites is 2. The van der Waals surface area contributed by atoms with E-state index in [4.69, 9.17) is 0 Å². The van der Waals surface area contributed by atoms with Gasteiger partial charge < -0.3 is 5.32 Å². The second-order valence-electron chi connectivity index (χ2n) is 4.28. The van der Waals surface area contributed by atoms with Gasteiger partial charge in [0, 0.05) is 11.8 Å². The van der Waals surface area contributed by atoms with Gasteiger partial charge in [0.15, 0.2) is 0 Å². The molecule has 88 valence electrons. The van der Waals surface area contributed by atoms with Crippen molar-refractivity contribution >= 4 is 22.8 Å². The molecule has 1 N–H and O–H groups in total. The van der Waals surface area contributed by atoms with E-state index in [1.54, 1.807) is 0 Å². The van der Waals surface area contributed by atoms with E-state index in [0.29, 0.717) is 5.25 Å². The maximum Gasteiger partial charge on any atom is 0.115 e. The molecular weight excluding hydrogens is 230 g/mol. The van der Waals surface area contributed by atoms with Gasteiger partial charge in [-0.25, -0.2) is 4.98 Å². The van der Waals surface area contributed by atoms with Crippen molar-refractivity contribution in [1.29, 1.82) is 0 Å². The number of benzene rings is 1. The minimum atomic E-state index is 0.638. The van der Waals surface area contributed by atoms with Gasteiger partial charge in [0.2, 0.25) is 0 Å². The predicted molar refractivity (Wildman–Crippen MR) is 71.3 cm³/mol. The molecule has 0 bridgehead atoms. The summed E-state index contributed by atoms with van der Waals surface area (Å²) in [5.74, 6) is 0. The van der Waals surface area contributed by atoms with Crippen molar-refractivity contribution in [3.63, 3.8) is 0 Å². The number of piperidine rings is 1. The highest BCUT2D eigenvalue weighted by Crippen LogP contribution is 2.26. The summed E-state index contributed by atoms with van der Waals surface area (Å²) >= 11 is 1.84. The molecule has 2 aromatic rings. The monoisotopic (exact) mass is 245 g/mol. The van der Waals surface area contributed by atoms with Crippen LogP contribution in [0.15, 0.2) is 35.5 Å². The van der Waals surface area contributed by atoms with Gasteiger partial charge in [-0.05, 0) is 31.5 Å². The fourth-order valence-electron chi connectivity index (χ4n) is 2.09. The van der Waals surface area contributed by atoms with E-state index >= 15 is 0 Å². The molecule has 1 aromatic carbocycles. The lowest BCUT2D eigenvalue weighted by Crippen LogP contribution is -2.31. The summed E-state index contributed by atoms with van der Waals surface area (Å²) in [7, 11) is 0. The number of fused-ring (bicyclic) bond motifs is 1. The molecule has 4 heteroatoms. The summed E-state index contributed by atoms with van der Waals surface area (Å²) in [6.45, 7) is 2.24. The number of aromatic nitrogens is 2. The molecule has 0 unspecified atom stereocenters. The molecular formula is C13H15N3S. The summed E-state index contributed by atoms with van der Waals surface area (Å²) in [4.78, 5) is 9.08. The van der Waals surface area contributed by atoms with E-state index in [1.807, 2.05) is 42.2 Å². The van der Waals surface area contributed by atoms with Gasteiger partial charge in [0.1, 0.15) is 5.03 Å². The van der Waals surface area contributed by atoms with E-state index in [-0.39, 0.29) is 0 Å². The van der Waals surface area contributed by atoms with Gasteiger partial charge in [-0.15, -0.1) is 11.8 Å². The van der Waals surface area contributed by atoms with E-state index < -0.39 is 0 Å². The van der Waals surface area contributed by atoms with E-state index in [2.05, 4.69) is 15.3 Å². The first-order valence-corrected chi connectivity index (χ1v) is 6.89. The maximum absolute atomic E-state index is 4.64. The van der Waals surface area contributed by atoms with Gasteiger partial charge in [-0.2, -0.15) is 0 Å². The molecule has 3 nitrogen and oxygen atoms in total. The smallest absolute Gasteiger partial charge is 0.115 e. The lowest BCUT2D eigenvalue weighted by atomic mass is 10.2. The van der Waals surface area contributed by atoms with Gasteiger partial charge >= 0.3 is 0 Å². The second kappa shape index (κ2) is 5.02. The molecule has 0 aliphatic carbocycles. The normalized spacial score (nSPS) is 20.6. The van der Waals surface area contributed by atoms with Crippen molar-refractivity contribution in [2.24, 2.45) is 0 Å². The molecule has 0 amide bonds. The standard InChI is InChI=1S/C13H15N3S/c1-2-6-12-11(5-1)15-9-13(16-12)17-10-4-3-7-14-8-10/h1-2,5-6,9-10,14H,3-4,7-8H2/t10-/m1/s1. The Balaban J connectivity index is 1.80. The van der Waals surface area contributed by atoms with Crippen molar-refractivity contribution in [1.82, 2.24) is 15.3 Å². The van der Waals surface area contributed by atoms with Crippen LogP contribution in [0, 0.1) is 0 Å². The van der Waals surface area contributed by atoms with Crippen molar-refractivity contribution in [2.75, 3.05) is 13.1 Å². The highest BCUT2D eigenvalue weighted by atomic mass is 32.2. The van der Waals surface area contributed by atoms with Crippen LogP contribution in [-0.2, 0) is 0 Å². The maximum atomic E-state index is 4.64. The Kier molecular flexibility index (Phi) is 3.25. The Morgan fingerprint density at radius 2 is 2.12 bits per heavy atom. The van der Waals surface area contributed by atoms with Crippen LogP contribution in [0.25, 0.3) is 11.0 Å². The molecule has 0 saturated carbocycles. The summed E-state index contributed by atoms with van der Waals surface area (Å²) < 4.78 is 0. The summed E-state index contributed by atoms with van der Waals surface area (Å²) in [5, 5.41) is 5.10. The van der Waals surface area contributed by atoms with Crippen molar-refractivity contribution < 1.29 is 0 Å². The van der Waals surface area contributed by atoms with E-state index in [1.165, 1.54) is 12.8 Å². The van der Waals surface area contributed by atoms with Crippen LogP contribution in [0.4, 0.5) is 0 Å². The topological polar surface area (TPSA) is 37.8 Å². The Morgan fingerprint density at radius 3 is 2.94 bits per heavy atom. The third kappa shape index (κ3) is 2.58. The first-order chi connectivity index (χ1) is 8.42. The molecule has 1 aliphatic heterocycles. The Hall–Kier alpha value is -1.13. The van der Waals surface area contributed by atoms with Crippen LogP contribution in [0.3, 0.4) is 0 Å². The van der Waals surface area contributed by atoms with Gasteiger partial charge in [-0.1, -0.05) is 12.1 Å². The summed E-state index contributed by atoms with van der Waals surface area (Å²) in [5.41, 5.74) is 1.96. The quantitative estimate of drug-likeness (QED) is 0.882. The number of hydrogen-bond acceptors (Lipinski definition) is 4. The van der Waals surface area contributed by atoms with Crippen molar-refractivity contribution in [3.8, 4) is 0 Å². The predicted octanol–water partition coefficient (Wildman–Crippen LogP) is 2.47. The molecule has 1 fully saturated rings. The summed E-state index contributed by atoms with van der Waals surface area (Å²) in [6.07, 6.45) is 4.42. The van der Waals surface area contributed by atoms with Crippen LogP contribution in [0.1, 0.15) is 12.8 Å². The van der Waals surface area contributed by atoms with Crippen molar-refractivity contribution in [3.05, 3.63) is 30.5 Å². The summed E-state index contributed by atoms with van der Waals surface area (Å²) in [6, 6.07) is 8.02. The first-order valence-electron chi connectivity index (χ1n) is 6.01. The Morgan fingerprint density at radius 1 is 1.24 bits per heavy atom. The second-order valence-corrected chi connectivity index (χ2v) is 5.60. The lowest BCUT2D eigenvalue weighted by Gasteiger charge is -2.21.